The molecule has 9 heteroatoms. The van der Waals surface area contributed by atoms with Gasteiger partial charge in [-0.15, -0.1) is 0 Å². The summed E-state index contributed by atoms with van der Waals surface area (Å²) in [6.45, 7) is 3.26. The SMILES string of the molecule is COC(=O)OC1=C(C)NC(C)=C(OC(=O)OC)N1c1cccc(F)c1. The number of rotatable bonds is 3. The van der Waals surface area contributed by atoms with Gasteiger partial charge in [-0.2, -0.15) is 0 Å². The Bertz CT molecular complexity index is 719. The molecule has 1 aliphatic heterocycles. The number of halogens is 1. The topological polar surface area (TPSA) is 86.3 Å². The molecule has 134 valence electrons. The number of methoxy groups -OCH3 is 2. The standard InChI is InChI=1S/C16H17FN2O6/c1-9-13(24-15(20)22-3)19(12-7-5-6-11(17)8-12)14(10(2)18-9)25-16(21)23-4/h5-8,18H,1-4H3. The van der Waals surface area contributed by atoms with Crippen molar-refractivity contribution in [3.63, 3.8) is 0 Å². The summed E-state index contributed by atoms with van der Waals surface area (Å²) >= 11 is 0. The van der Waals surface area contributed by atoms with Crippen LogP contribution in [0.5, 0.6) is 0 Å². The van der Waals surface area contributed by atoms with Gasteiger partial charge < -0.3 is 24.3 Å². The smallest absolute Gasteiger partial charge is 0.437 e. The van der Waals surface area contributed by atoms with Gasteiger partial charge in [0.25, 0.3) is 0 Å². The van der Waals surface area contributed by atoms with Gasteiger partial charge in [-0.05, 0) is 32.0 Å². The Balaban J connectivity index is 2.55. The number of carbonyl (C=O) groups excluding carboxylic acids is 2. The number of benzene rings is 1. The Morgan fingerprint density at radius 3 is 1.96 bits per heavy atom. The Morgan fingerprint density at radius 2 is 1.52 bits per heavy atom. The summed E-state index contributed by atoms with van der Waals surface area (Å²) in [5.41, 5.74) is 1.10. The maximum absolute atomic E-state index is 13.7. The third-order valence-electron chi connectivity index (χ3n) is 3.18. The van der Waals surface area contributed by atoms with Gasteiger partial charge in [0.15, 0.2) is 0 Å². The summed E-state index contributed by atoms with van der Waals surface area (Å²) in [7, 11) is 2.29. The molecule has 1 N–H and O–H groups in total. The van der Waals surface area contributed by atoms with E-state index in [9.17, 15) is 14.0 Å². The first-order chi connectivity index (χ1) is 11.9. The van der Waals surface area contributed by atoms with Gasteiger partial charge in [-0.25, -0.2) is 18.9 Å². The molecule has 0 aromatic heterocycles. The molecule has 0 bridgehead atoms. The third kappa shape index (κ3) is 4.00. The fraction of sp³-hybridized carbons (Fsp3) is 0.250. The number of ether oxygens (including phenoxy) is 4. The second kappa shape index (κ2) is 7.56. The van der Waals surface area contributed by atoms with E-state index in [0.29, 0.717) is 11.4 Å². The van der Waals surface area contributed by atoms with Crippen LogP contribution in [-0.2, 0) is 18.9 Å². The lowest BCUT2D eigenvalue weighted by Crippen LogP contribution is -2.37. The van der Waals surface area contributed by atoms with Crippen LogP contribution >= 0.6 is 0 Å². The highest BCUT2D eigenvalue weighted by Gasteiger charge is 2.32. The molecule has 1 aromatic rings. The maximum atomic E-state index is 13.7. The summed E-state index contributed by atoms with van der Waals surface area (Å²) < 4.78 is 33.0. The molecule has 0 saturated heterocycles. The highest BCUT2D eigenvalue weighted by atomic mass is 19.1. The number of nitrogens with zero attached hydrogens (tertiary/aromatic N) is 1. The van der Waals surface area contributed by atoms with Crippen LogP contribution in [-0.4, -0.2) is 26.5 Å². The molecular formula is C16H17FN2O6. The van der Waals surface area contributed by atoms with Crippen LogP contribution in [0.25, 0.3) is 0 Å². The van der Waals surface area contributed by atoms with Gasteiger partial charge >= 0.3 is 12.3 Å². The van der Waals surface area contributed by atoms with Crippen LogP contribution in [0.1, 0.15) is 13.8 Å². The minimum atomic E-state index is -0.991. The van der Waals surface area contributed by atoms with Gasteiger partial charge in [-0.1, -0.05) is 6.07 Å². The van der Waals surface area contributed by atoms with Crippen LogP contribution in [0, 0.1) is 5.82 Å². The van der Waals surface area contributed by atoms with Crippen molar-refractivity contribution in [1.29, 1.82) is 0 Å². The highest BCUT2D eigenvalue weighted by Crippen LogP contribution is 2.32. The molecule has 0 spiro atoms. The molecule has 8 nitrogen and oxygen atoms in total. The van der Waals surface area contributed by atoms with Gasteiger partial charge in [-0.3, -0.25) is 0 Å². The minimum absolute atomic E-state index is 0.0399. The number of allylic oxidation sites excluding steroid dienone is 2. The first-order valence-corrected chi connectivity index (χ1v) is 7.13. The summed E-state index contributed by atoms with van der Waals surface area (Å²) in [5.74, 6) is -0.606. The van der Waals surface area contributed by atoms with Crippen LogP contribution in [0.4, 0.5) is 19.7 Å². The van der Waals surface area contributed by atoms with Gasteiger partial charge in [0.05, 0.1) is 31.3 Å². The molecule has 0 atom stereocenters. The van der Waals surface area contributed by atoms with Crippen molar-refractivity contribution < 1.29 is 32.9 Å². The van der Waals surface area contributed by atoms with Gasteiger partial charge in [0, 0.05) is 0 Å². The monoisotopic (exact) mass is 352 g/mol. The lowest BCUT2D eigenvalue weighted by atomic mass is 10.2. The summed E-state index contributed by atoms with van der Waals surface area (Å²) in [4.78, 5) is 24.4. The van der Waals surface area contributed by atoms with Crippen LogP contribution in [0.3, 0.4) is 0 Å². The second-order valence-corrected chi connectivity index (χ2v) is 4.91. The molecule has 0 unspecified atom stereocenters. The van der Waals surface area contributed by atoms with Gasteiger partial charge in [0.2, 0.25) is 11.8 Å². The predicted octanol–water partition coefficient (Wildman–Crippen LogP) is 3.18. The lowest BCUT2D eigenvalue weighted by Gasteiger charge is -2.33. The summed E-state index contributed by atoms with van der Waals surface area (Å²) in [6.07, 6.45) is -1.98. The fourth-order valence-electron chi connectivity index (χ4n) is 2.15. The first kappa shape index (κ1) is 18.1. The van der Waals surface area contributed by atoms with Crippen molar-refractivity contribution >= 4 is 18.0 Å². The molecule has 0 aliphatic carbocycles. The van der Waals surface area contributed by atoms with E-state index in [2.05, 4.69) is 14.8 Å². The first-order valence-electron chi connectivity index (χ1n) is 7.13. The molecule has 1 aromatic carbocycles. The van der Waals surface area contributed by atoms with E-state index in [1.807, 2.05) is 0 Å². The minimum Gasteiger partial charge on any atom is -0.437 e. The average Bonchev–Trinajstić information content (AvgIpc) is 2.58. The van der Waals surface area contributed by atoms with Gasteiger partial charge in [0.1, 0.15) is 5.82 Å². The average molecular weight is 352 g/mol. The molecule has 0 radical (unpaired) electrons. The van der Waals surface area contributed by atoms with Crippen molar-refractivity contribution in [1.82, 2.24) is 5.32 Å². The largest absolute Gasteiger partial charge is 0.514 e. The number of carbonyl (C=O) groups is 2. The summed E-state index contributed by atoms with van der Waals surface area (Å²) in [5, 5.41) is 2.91. The van der Waals surface area contributed by atoms with E-state index in [0.717, 1.165) is 14.2 Å². The number of hydrogen-bond donors (Lipinski definition) is 1. The highest BCUT2D eigenvalue weighted by molar-refractivity contribution is 5.68. The van der Waals surface area contributed by atoms with E-state index in [4.69, 9.17) is 9.47 Å². The molecule has 0 fully saturated rings. The molecular weight excluding hydrogens is 335 g/mol. The normalized spacial score (nSPS) is 14.0. The van der Waals surface area contributed by atoms with Crippen molar-refractivity contribution in [2.45, 2.75) is 13.8 Å². The Labute approximate surface area is 143 Å². The molecule has 0 saturated carbocycles. The van der Waals surface area contributed by atoms with E-state index in [1.165, 1.54) is 23.1 Å². The van der Waals surface area contributed by atoms with Crippen LogP contribution in [0.15, 0.2) is 47.4 Å². The number of hydrogen-bond acceptors (Lipinski definition) is 8. The van der Waals surface area contributed by atoms with Crippen molar-refractivity contribution in [3.8, 4) is 0 Å². The molecule has 1 aliphatic rings. The Hall–Kier alpha value is -3.23. The van der Waals surface area contributed by atoms with Crippen LogP contribution in [0.2, 0.25) is 0 Å². The second-order valence-electron chi connectivity index (χ2n) is 4.91. The number of anilines is 1. The Kier molecular flexibility index (Phi) is 5.48. The zero-order chi connectivity index (χ0) is 18.6. The van der Waals surface area contributed by atoms with E-state index in [1.54, 1.807) is 19.9 Å². The predicted molar refractivity (Wildman–Crippen MR) is 84.4 cm³/mol. The van der Waals surface area contributed by atoms with E-state index < -0.39 is 18.1 Å². The molecule has 25 heavy (non-hydrogen) atoms. The molecule has 0 amide bonds. The van der Waals surface area contributed by atoms with E-state index in [-0.39, 0.29) is 17.5 Å². The van der Waals surface area contributed by atoms with Crippen molar-refractivity contribution in [2.75, 3.05) is 19.1 Å². The zero-order valence-electron chi connectivity index (χ0n) is 14.1. The fourth-order valence-corrected chi connectivity index (χ4v) is 2.15. The summed E-state index contributed by atoms with van der Waals surface area (Å²) in [6, 6.07) is 5.45. The third-order valence-corrected chi connectivity index (χ3v) is 3.18. The molecule has 2 rings (SSSR count). The van der Waals surface area contributed by atoms with Crippen molar-refractivity contribution in [3.05, 3.63) is 53.2 Å². The molecule has 1 heterocycles. The lowest BCUT2D eigenvalue weighted by molar-refractivity contribution is 0.0832. The number of nitrogens with one attached hydrogen (secondary N) is 1. The van der Waals surface area contributed by atoms with Crippen LogP contribution < -0.4 is 10.2 Å². The van der Waals surface area contributed by atoms with E-state index >= 15 is 0 Å². The quantitative estimate of drug-likeness (QED) is 0.830. The van der Waals surface area contributed by atoms with Crippen molar-refractivity contribution in [2.24, 2.45) is 0 Å². The maximum Gasteiger partial charge on any atom is 0.514 e. The zero-order valence-corrected chi connectivity index (χ0v) is 14.1. The Morgan fingerprint density at radius 1 is 1.00 bits per heavy atom.